The van der Waals surface area contributed by atoms with E-state index in [0.29, 0.717) is 38.2 Å². The fraction of sp³-hybridized carbons (Fsp3) is 0.320. The number of carbonyl (C=O) groups excluding carboxylic acids is 2. The zero-order valence-electron chi connectivity index (χ0n) is 18.1. The number of thiazole rings is 1. The molecule has 1 aliphatic heterocycles. The van der Waals surface area contributed by atoms with Crippen molar-refractivity contribution >= 4 is 23.2 Å². The molecule has 1 saturated heterocycles. The Balaban J connectivity index is 1.20. The van der Waals surface area contributed by atoms with Crippen molar-refractivity contribution in [1.82, 2.24) is 15.2 Å². The second-order valence-electron chi connectivity index (χ2n) is 7.99. The third kappa shape index (κ3) is 5.73. The maximum Gasteiger partial charge on any atom is 0.260 e. The van der Waals surface area contributed by atoms with Crippen molar-refractivity contribution in [2.24, 2.45) is 5.92 Å². The normalized spacial score (nSPS) is 14.2. The van der Waals surface area contributed by atoms with E-state index in [-0.39, 0.29) is 24.3 Å². The third-order valence-electron chi connectivity index (χ3n) is 5.59. The lowest BCUT2D eigenvalue weighted by molar-refractivity contribution is -0.137. The van der Waals surface area contributed by atoms with Crippen LogP contribution in [0.25, 0.3) is 10.6 Å². The van der Waals surface area contributed by atoms with Crippen molar-refractivity contribution in [2.75, 3.05) is 19.7 Å². The van der Waals surface area contributed by atoms with E-state index in [1.54, 1.807) is 16.2 Å². The highest BCUT2D eigenvalue weighted by molar-refractivity contribution is 7.13. The van der Waals surface area contributed by atoms with Gasteiger partial charge in [0.1, 0.15) is 10.8 Å². The maximum atomic E-state index is 12.6. The molecule has 1 N–H and O–H groups in total. The highest BCUT2D eigenvalue weighted by Gasteiger charge is 2.27. The number of hydrogen-bond donors (Lipinski definition) is 1. The Labute approximate surface area is 192 Å². The SMILES string of the molecule is Cc1cccc(OCC(=O)N2CCC(C(=O)NCc3csc(-c4ccccc4)n3)CC2)c1. The number of rotatable bonds is 7. The van der Waals surface area contributed by atoms with Crippen molar-refractivity contribution in [3.8, 4) is 16.3 Å². The summed E-state index contributed by atoms with van der Waals surface area (Å²) in [4.78, 5) is 31.5. The molecule has 3 aromatic rings. The van der Waals surface area contributed by atoms with Crippen LogP contribution >= 0.6 is 11.3 Å². The van der Waals surface area contributed by atoms with Gasteiger partial charge < -0.3 is 15.0 Å². The molecule has 2 aromatic carbocycles. The van der Waals surface area contributed by atoms with E-state index >= 15 is 0 Å². The van der Waals surface area contributed by atoms with E-state index < -0.39 is 0 Å². The van der Waals surface area contributed by atoms with E-state index in [1.807, 2.05) is 66.9 Å². The lowest BCUT2D eigenvalue weighted by Crippen LogP contribution is -2.44. The van der Waals surface area contributed by atoms with Crippen molar-refractivity contribution in [1.29, 1.82) is 0 Å². The van der Waals surface area contributed by atoms with E-state index in [0.717, 1.165) is 21.8 Å². The van der Waals surface area contributed by atoms with Gasteiger partial charge in [0.2, 0.25) is 5.91 Å². The minimum Gasteiger partial charge on any atom is -0.484 e. The highest BCUT2D eigenvalue weighted by Crippen LogP contribution is 2.23. The lowest BCUT2D eigenvalue weighted by atomic mass is 9.96. The van der Waals surface area contributed by atoms with Gasteiger partial charge in [0, 0.05) is 30.0 Å². The summed E-state index contributed by atoms with van der Waals surface area (Å²) >= 11 is 1.58. The molecular weight excluding hydrogens is 422 g/mol. The molecule has 0 bridgehead atoms. The van der Waals surface area contributed by atoms with Crippen LogP contribution in [0.4, 0.5) is 0 Å². The Hall–Kier alpha value is -3.19. The monoisotopic (exact) mass is 449 g/mol. The summed E-state index contributed by atoms with van der Waals surface area (Å²) in [6.45, 7) is 3.58. The van der Waals surface area contributed by atoms with Crippen molar-refractivity contribution in [3.63, 3.8) is 0 Å². The molecule has 0 aliphatic carbocycles. The van der Waals surface area contributed by atoms with Crippen molar-refractivity contribution < 1.29 is 14.3 Å². The molecule has 166 valence electrons. The number of nitrogens with zero attached hydrogens (tertiary/aromatic N) is 2. The Morgan fingerprint density at radius 3 is 2.66 bits per heavy atom. The predicted octanol–water partition coefficient (Wildman–Crippen LogP) is 4.05. The van der Waals surface area contributed by atoms with Gasteiger partial charge in [-0.2, -0.15) is 0 Å². The largest absolute Gasteiger partial charge is 0.484 e. The van der Waals surface area contributed by atoms with E-state index in [9.17, 15) is 9.59 Å². The van der Waals surface area contributed by atoms with Crippen LogP contribution in [0.5, 0.6) is 5.75 Å². The molecule has 0 spiro atoms. The molecule has 0 saturated carbocycles. The molecular formula is C25H27N3O3S. The van der Waals surface area contributed by atoms with Gasteiger partial charge in [-0.05, 0) is 37.5 Å². The molecule has 2 heterocycles. The number of aromatic nitrogens is 1. The zero-order valence-corrected chi connectivity index (χ0v) is 18.9. The summed E-state index contributed by atoms with van der Waals surface area (Å²) in [5, 5.41) is 5.94. The van der Waals surface area contributed by atoms with Gasteiger partial charge in [-0.3, -0.25) is 9.59 Å². The first-order valence-electron chi connectivity index (χ1n) is 10.8. The van der Waals surface area contributed by atoms with Crippen LogP contribution in [0, 0.1) is 12.8 Å². The predicted molar refractivity (Wildman–Crippen MR) is 125 cm³/mol. The number of piperidine rings is 1. The van der Waals surface area contributed by atoms with Gasteiger partial charge in [0.05, 0.1) is 12.2 Å². The summed E-state index contributed by atoms with van der Waals surface area (Å²) < 4.78 is 5.62. The minimum absolute atomic E-state index is 0.0217. The number of nitrogens with one attached hydrogen (secondary N) is 1. The van der Waals surface area contributed by atoms with Gasteiger partial charge in [0.15, 0.2) is 6.61 Å². The van der Waals surface area contributed by atoms with Crippen LogP contribution in [0.3, 0.4) is 0 Å². The van der Waals surface area contributed by atoms with Crippen LogP contribution in [0.2, 0.25) is 0 Å². The number of ether oxygens (including phenoxy) is 1. The van der Waals surface area contributed by atoms with E-state index in [1.165, 1.54) is 0 Å². The van der Waals surface area contributed by atoms with E-state index in [4.69, 9.17) is 4.74 Å². The highest BCUT2D eigenvalue weighted by atomic mass is 32.1. The smallest absolute Gasteiger partial charge is 0.260 e. The van der Waals surface area contributed by atoms with E-state index in [2.05, 4.69) is 10.3 Å². The van der Waals surface area contributed by atoms with Crippen LogP contribution in [-0.2, 0) is 16.1 Å². The van der Waals surface area contributed by atoms with Crippen LogP contribution in [0.1, 0.15) is 24.1 Å². The molecule has 2 amide bonds. The molecule has 0 unspecified atom stereocenters. The molecule has 1 aromatic heterocycles. The molecule has 1 fully saturated rings. The summed E-state index contributed by atoms with van der Waals surface area (Å²) in [5.41, 5.74) is 3.04. The average molecular weight is 450 g/mol. The van der Waals surface area contributed by atoms with Gasteiger partial charge in [-0.15, -0.1) is 11.3 Å². The molecule has 0 radical (unpaired) electrons. The Bertz CT molecular complexity index is 1060. The van der Waals surface area contributed by atoms with Gasteiger partial charge in [0.25, 0.3) is 5.91 Å². The van der Waals surface area contributed by atoms with Crippen LogP contribution in [0.15, 0.2) is 60.0 Å². The quantitative estimate of drug-likeness (QED) is 0.591. The topological polar surface area (TPSA) is 71.5 Å². The lowest BCUT2D eigenvalue weighted by Gasteiger charge is -2.31. The Morgan fingerprint density at radius 1 is 1.12 bits per heavy atom. The van der Waals surface area contributed by atoms with Crippen LogP contribution < -0.4 is 10.1 Å². The van der Waals surface area contributed by atoms with Crippen molar-refractivity contribution in [3.05, 3.63) is 71.2 Å². The summed E-state index contributed by atoms with van der Waals surface area (Å²) in [7, 11) is 0. The number of carbonyl (C=O) groups is 2. The fourth-order valence-electron chi connectivity index (χ4n) is 3.76. The Kier molecular flexibility index (Phi) is 7.17. The van der Waals surface area contributed by atoms with Gasteiger partial charge >= 0.3 is 0 Å². The zero-order chi connectivity index (χ0) is 22.3. The molecule has 6 nitrogen and oxygen atoms in total. The first-order chi connectivity index (χ1) is 15.6. The first kappa shape index (κ1) is 22.0. The summed E-state index contributed by atoms with van der Waals surface area (Å²) in [6, 6.07) is 17.7. The number of amides is 2. The summed E-state index contributed by atoms with van der Waals surface area (Å²) in [6.07, 6.45) is 1.32. The standard InChI is InChI=1S/C25H27N3O3S/c1-18-6-5-9-22(14-18)31-16-23(29)28-12-10-19(11-13-28)24(30)26-15-21-17-32-25(27-21)20-7-3-2-4-8-20/h2-9,14,17,19H,10-13,15-16H2,1H3,(H,26,30). The number of aryl methyl sites for hydroxylation is 1. The number of hydrogen-bond acceptors (Lipinski definition) is 5. The molecule has 32 heavy (non-hydrogen) atoms. The van der Waals surface area contributed by atoms with Crippen LogP contribution in [-0.4, -0.2) is 41.4 Å². The molecule has 0 atom stereocenters. The minimum atomic E-state index is -0.0797. The average Bonchev–Trinajstić information content (AvgIpc) is 3.31. The third-order valence-corrected chi connectivity index (χ3v) is 6.53. The second kappa shape index (κ2) is 10.4. The van der Waals surface area contributed by atoms with Crippen molar-refractivity contribution in [2.45, 2.75) is 26.3 Å². The molecule has 7 heteroatoms. The van der Waals surface area contributed by atoms with Gasteiger partial charge in [-0.25, -0.2) is 4.98 Å². The first-order valence-corrected chi connectivity index (χ1v) is 11.7. The molecule has 1 aliphatic rings. The maximum absolute atomic E-state index is 12.6. The second-order valence-corrected chi connectivity index (χ2v) is 8.85. The molecule has 4 rings (SSSR count). The van der Waals surface area contributed by atoms with Gasteiger partial charge in [-0.1, -0.05) is 42.5 Å². The number of likely N-dealkylation sites (tertiary alicyclic amines) is 1. The number of benzene rings is 2. The Morgan fingerprint density at radius 2 is 1.91 bits per heavy atom. The summed E-state index contributed by atoms with van der Waals surface area (Å²) in [5.74, 6) is 0.609. The fourth-order valence-corrected chi connectivity index (χ4v) is 4.58.